The number of thiophene rings is 1. The number of hydrogen-bond acceptors (Lipinski definition) is 6. The Morgan fingerprint density at radius 1 is 0.938 bits per heavy atom. The third-order valence-corrected chi connectivity index (χ3v) is 6.58. The Morgan fingerprint density at radius 2 is 1.59 bits per heavy atom. The predicted molar refractivity (Wildman–Crippen MR) is 137 cm³/mol. The maximum atomic E-state index is 12.5. The van der Waals surface area contributed by atoms with E-state index in [9.17, 15) is 4.79 Å². The lowest BCUT2D eigenvalue weighted by molar-refractivity contribution is 0.0953. The molecule has 8 heteroatoms. The number of rotatable bonds is 14. The summed E-state index contributed by atoms with van der Waals surface area (Å²) >= 11 is 1.49. The minimum atomic E-state index is -0.0215. The van der Waals surface area contributed by atoms with Crippen molar-refractivity contribution in [3.8, 4) is 21.9 Å². The van der Waals surface area contributed by atoms with Gasteiger partial charge in [-0.2, -0.15) is 0 Å². The summed E-state index contributed by atoms with van der Waals surface area (Å²) in [6, 6.07) is 9.80. The molecular formula is C24H38ClN3O3S. The Bertz CT molecular complexity index is 808. The Hall–Kier alpha value is -1.80. The number of carbonyl (C=O) groups is 1. The van der Waals surface area contributed by atoms with Gasteiger partial charge in [-0.15, -0.1) is 23.7 Å². The van der Waals surface area contributed by atoms with Gasteiger partial charge in [0.2, 0.25) is 0 Å². The molecular weight excluding hydrogens is 446 g/mol. The van der Waals surface area contributed by atoms with Crippen LogP contribution < -0.4 is 14.8 Å². The third-order valence-electron chi connectivity index (χ3n) is 5.45. The van der Waals surface area contributed by atoms with E-state index >= 15 is 0 Å². The summed E-state index contributed by atoms with van der Waals surface area (Å²) in [5, 5.41) is 3.02. The van der Waals surface area contributed by atoms with Crippen LogP contribution in [-0.2, 0) is 0 Å². The zero-order chi connectivity index (χ0) is 22.6. The largest absolute Gasteiger partial charge is 0.493 e. The first kappa shape index (κ1) is 28.2. The maximum Gasteiger partial charge on any atom is 0.261 e. The molecule has 0 fully saturated rings. The van der Waals surface area contributed by atoms with Gasteiger partial charge in [-0.3, -0.25) is 4.79 Å². The summed E-state index contributed by atoms with van der Waals surface area (Å²) in [6.07, 6.45) is 0. The highest BCUT2D eigenvalue weighted by Crippen LogP contribution is 2.35. The quantitative estimate of drug-likeness (QED) is 0.424. The normalized spacial score (nSPS) is 10.8. The molecule has 0 aliphatic carbocycles. The second kappa shape index (κ2) is 15.1. The molecule has 6 nitrogen and oxygen atoms in total. The fraction of sp³-hybridized carbons (Fsp3) is 0.542. The van der Waals surface area contributed by atoms with E-state index in [1.807, 2.05) is 30.3 Å². The zero-order valence-corrected chi connectivity index (χ0v) is 21.6. The molecule has 0 radical (unpaired) electrons. The summed E-state index contributed by atoms with van der Waals surface area (Å²) in [5.41, 5.74) is 1.01. The van der Waals surface area contributed by atoms with Crippen molar-refractivity contribution in [2.75, 3.05) is 59.5 Å². The summed E-state index contributed by atoms with van der Waals surface area (Å²) < 4.78 is 11.5. The fourth-order valence-electron chi connectivity index (χ4n) is 3.33. The van der Waals surface area contributed by atoms with Crippen molar-refractivity contribution < 1.29 is 14.3 Å². The molecule has 0 bridgehead atoms. The summed E-state index contributed by atoms with van der Waals surface area (Å²) in [6.45, 7) is 15.6. The van der Waals surface area contributed by atoms with Gasteiger partial charge >= 0.3 is 0 Å². The molecule has 32 heavy (non-hydrogen) atoms. The second-order valence-electron chi connectivity index (χ2n) is 7.19. The van der Waals surface area contributed by atoms with Crippen molar-refractivity contribution >= 4 is 29.7 Å². The molecule has 0 aliphatic heterocycles. The molecule has 1 heterocycles. The van der Waals surface area contributed by atoms with Crippen molar-refractivity contribution in [3.63, 3.8) is 0 Å². The third kappa shape index (κ3) is 8.28. The van der Waals surface area contributed by atoms with E-state index in [1.165, 1.54) is 11.3 Å². The average molecular weight is 484 g/mol. The van der Waals surface area contributed by atoms with Crippen LogP contribution in [0.1, 0.15) is 37.4 Å². The van der Waals surface area contributed by atoms with E-state index in [1.54, 1.807) is 7.11 Å². The Balaban J connectivity index is 0.00000512. The highest BCUT2D eigenvalue weighted by Gasteiger charge is 2.13. The number of carbonyl (C=O) groups excluding carboxylic acids is 1. The zero-order valence-electron chi connectivity index (χ0n) is 20.0. The lowest BCUT2D eigenvalue weighted by Gasteiger charge is -2.19. The SMILES string of the molecule is CCN(CC)CCNC(=O)c1ccc(-c2ccc(OCCN(CC)CC)c(OC)c2)s1.Cl. The van der Waals surface area contributed by atoms with Crippen molar-refractivity contribution in [2.45, 2.75) is 27.7 Å². The molecule has 0 atom stereocenters. The van der Waals surface area contributed by atoms with Crippen molar-refractivity contribution in [2.24, 2.45) is 0 Å². The number of ether oxygens (including phenoxy) is 2. The highest BCUT2D eigenvalue weighted by atomic mass is 35.5. The topological polar surface area (TPSA) is 54.0 Å². The monoisotopic (exact) mass is 483 g/mol. The molecule has 2 aromatic rings. The summed E-state index contributed by atoms with van der Waals surface area (Å²) in [4.78, 5) is 18.8. The number of amides is 1. The smallest absolute Gasteiger partial charge is 0.261 e. The first-order valence-electron chi connectivity index (χ1n) is 11.2. The van der Waals surface area contributed by atoms with Crippen LogP contribution in [0.5, 0.6) is 11.5 Å². The molecule has 180 valence electrons. The van der Waals surface area contributed by atoms with Gasteiger partial charge in [-0.1, -0.05) is 27.7 Å². The molecule has 1 amide bonds. The molecule has 0 aliphatic rings. The van der Waals surface area contributed by atoms with E-state index in [0.717, 1.165) is 55.5 Å². The predicted octanol–water partition coefficient (Wildman–Crippen LogP) is 4.64. The number of halogens is 1. The van der Waals surface area contributed by atoms with Crippen LogP contribution in [0, 0.1) is 0 Å². The summed E-state index contributed by atoms with van der Waals surface area (Å²) in [7, 11) is 1.65. The first-order valence-corrected chi connectivity index (χ1v) is 12.0. The summed E-state index contributed by atoms with van der Waals surface area (Å²) in [5.74, 6) is 1.42. The Labute approximate surface area is 203 Å². The van der Waals surface area contributed by atoms with Crippen molar-refractivity contribution in [1.82, 2.24) is 15.1 Å². The minimum absolute atomic E-state index is 0. The Kier molecular flexibility index (Phi) is 13.3. The minimum Gasteiger partial charge on any atom is -0.493 e. The van der Waals surface area contributed by atoms with Gasteiger partial charge in [-0.25, -0.2) is 0 Å². The van der Waals surface area contributed by atoms with E-state index in [-0.39, 0.29) is 18.3 Å². The second-order valence-corrected chi connectivity index (χ2v) is 8.27. The maximum absolute atomic E-state index is 12.5. The molecule has 0 saturated heterocycles. The van der Waals surface area contributed by atoms with Crippen LogP contribution in [0.4, 0.5) is 0 Å². The van der Waals surface area contributed by atoms with Gasteiger partial charge in [0.15, 0.2) is 11.5 Å². The van der Waals surface area contributed by atoms with Gasteiger partial charge in [0.25, 0.3) is 5.91 Å². The van der Waals surface area contributed by atoms with Crippen LogP contribution in [0.3, 0.4) is 0 Å². The van der Waals surface area contributed by atoms with Crippen molar-refractivity contribution in [3.05, 3.63) is 35.2 Å². The first-order chi connectivity index (χ1) is 15.1. The van der Waals surface area contributed by atoms with Crippen LogP contribution >= 0.6 is 23.7 Å². The number of benzene rings is 1. The molecule has 0 saturated carbocycles. The molecule has 2 rings (SSSR count). The number of nitrogens with zero attached hydrogens (tertiary/aromatic N) is 2. The lowest BCUT2D eigenvalue weighted by Crippen LogP contribution is -2.34. The molecule has 1 N–H and O–H groups in total. The Morgan fingerprint density at radius 3 is 2.22 bits per heavy atom. The molecule has 1 aromatic heterocycles. The number of likely N-dealkylation sites (N-methyl/N-ethyl adjacent to an activating group) is 2. The molecule has 1 aromatic carbocycles. The highest BCUT2D eigenvalue weighted by molar-refractivity contribution is 7.17. The van der Waals surface area contributed by atoms with Crippen LogP contribution in [0.2, 0.25) is 0 Å². The fourth-order valence-corrected chi connectivity index (χ4v) is 4.25. The van der Waals surface area contributed by atoms with Gasteiger partial charge in [0, 0.05) is 24.5 Å². The number of nitrogens with one attached hydrogen (secondary N) is 1. The van der Waals surface area contributed by atoms with Crippen LogP contribution in [0.15, 0.2) is 30.3 Å². The molecule has 0 unspecified atom stereocenters. The van der Waals surface area contributed by atoms with E-state index in [2.05, 4.69) is 42.8 Å². The number of methoxy groups -OCH3 is 1. The van der Waals surface area contributed by atoms with Gasteiger partial charge in [0.05, 0.1) is 12.0 Å². The van der Waals surface area contributed by atoms with Gasteiger partial charge in [0.1, 0.15) is 6.61 Å². The molecule has 0 spiro atoms. The van der Waals surface area contributed by atoms with Crippen LogP contribution in [0.25, 0.3) is 10.4 Å². The average Bonchev–Trinajstić information content (AvgIpc) is 3.30. The van der Waals surface area contributed by atoms with Gasteiger partial charge in [-0.05, 0) is 62.1 Å². The van der Waals surface area contributed by atoms with E-state index in [0.29, 0.717) is 23.8 Å². The van der Waals surface area contributed by atoms with Gasteiger partial charge < -0.3 is 24.6 Å². The van der Waals surface area contributed by atoms with E-state index < -0.39 is 0 Å². The van der Waals surface area contributed by atoms with E-state index in [4.69, 9.17) is 9.47 Å². The standard InChI is InChI=1S/C24H37N3O3S.ClH/c1-6-26(7-2)15-14-25-24(28)23-13-12-22(31-23)19-10-11-20(21(18-19)29-5)30-17-16-27(8-3)9-4;/h10-13,18H,6-9,14-17H2,1-5H3,(H,25,28);1H. The van der Waals surface area contributed by atoms with Crippen molar-refractivity contribution in [1.29, 1.82) is 0 Å². The van der Waals surface area contributed by atoms with Crippen LogP contribution in [-0.4, -0.2) is 75.2 Å². The lowest BCUT2D eigenvalue weighted by atomic mass is 10.1. The number of hydrogen-bond donors (Lipinski definition) is 1.